The Morgan fingerprint density at radius 1 is 0.674 bits per heavy atom. The van der Waals surface area contributed by atoms with Gasteiger partial charge in [0.15, 0.2) is 0 Å². The van der Waals surface area contributed by atoms with E-state index in [4.69, 9.17) is 14.2 Å². The van der Waals surface area contributed by atoms with Crippen molar-refractivity contribution in [2.75, 3.05) is 26.2 Å². The summed E-state index contributed by atoms with van der Waals surface area (Å²) in [5.41, 5.74) is 10.9. The van der Waals surface area contributed by atoms with E-state index in [2.05, 4.69) is 95.1 Å². The van der Waals surface area contributed by atoms with Crippen LogP contribution in [0.2, 0.25) is 0 Å². The highest BCUT2D eigenvalue weighted by molar-refractivity contribution is 5.98. The third kappa shape index (κ3) is 6.62. The molecule has 1 aliphatic heterocycles. The molecule has 0 unspecified atom stereocenters. The first-order valence-corrected chi connectivity index (χ1v) is 16.9. The monoisotopic (exact) mass is 612 g/mol. The van der Waals surface area contributed by atoms with E-state index in [1.807, 2.05) is 24.3 Å². The number of hydrogen-bond acceptors (Lipinski definition) is 4. The van der Waals surface area contributed by atoms with E-state index in [1.54, 1.807) is 0 Å². The SMILES string of the molecule is CCc1c(-c2ccc(OCc3ccccc3)cc2)c2c(COCCCCN3CCCC3)cc3c(OCc4ccccc4)ccc1n32. The molecule has 1 fully saturated rings. The lowest BCUT2D eigenvalue weighted by molar-refractivity contribution is 0.116. The number of pyridine rings is 1. The number of hydrogen-bond donors (Lipinski definition) is 0. The molecule has 6 aromatic rings. The predicted molar refractivity (Wildman–Crippen MR) is 187 cm³/mol. The first-order valence-electron chi connectivity index (χ1n) is 16.9. The van der Waals surface area contributed by atoms with Gasteiger partial charge in [0.05, 0.1) is 23.2 Å². The Labute approximate surface area is 272 Å². The van der Waals surface area contributed by atoms with E-state index in [9.17, 15) is 0 Å². The molecule has 0 atom stereocenters. The Hall–Kier alpha value is -4.32. The van der Waals surface area contributed by atoms with Gasteiger partial charge in [-0.3, -0.25) is 0 Å². The third-order valence-corrected chi connectivity index (χ3v) is 9.26. The topological polar surface area (TPSA) is 35.3 Å². The molecule has 5 nitrogen and oxygen atoms in total. The second-order valence-electron chi connectivity index (χ2n) is 12.4. The molecule has 1 aliphatic rings. The lowest BCUT2D eigenvalue weighted by Crippen LogP contribution is -2.20. The molecule has 7 rings (SSSR count). The van der Waals surface area contributed by atoms with Gasteiger partial charge in [-0.05, 0) is 104 Å². The van der Waals surface area contributed by atoms with Gasteiger partial charge in [0.25, 0.3) is 0 Å². The standard InChI is InChI=1S/C41H44N2O3/c1-2-36-37-21-22-39(46-29-32-15-7-4-8-16-32)38-27-34(30-44-26-12-11-25-42-23-9-10-24-42)41(43(37)38)40(36)33-17-19-35(20-18-33)45-28-31-13-5-3-6-14-31/h3-8,13-22,27H,2,9-12,23-26,28-30H2,1H3. The molecule has 46 heavy (non-hydrogen) atoms. The maximum absolute atomic E-state index is 6.45. The third-order valence-electron chi connectivity index (χ3n) is 9.26. The molecule has 0 bridgehead atoms. The van der Waals surface area contributed by atoms with Crippen LogP contribution in [0, 0.1) is 0 Å². The van der Waals surface area contributed by atoms with Crippen molar-refractivity contribution in [3.8, 4) is 22.6 Å². The first-order chi connectivity index (χ1) is 22.8. The molecule has 0 N–H and O–H groups in total. The summed E-state index contributed by atoms with van der Waals surface area (Å²) in [5.74, 6) is 1.77. The smallest absolute Gasteiger partial charge is 0.143 e. The van der Waals surface area contributed by atoms with Crippen LogP contribution in [0.4, 0.5) is 0 Å². The fraction of sp³-hybridized carbons (Fsp3) is 0.317. The van der Waals surface area contributed by atoms with Crippen LogP contribution in [0.5, 0.6) is 11.5 Å². The number of ether oxygens (including phenoxy) is 3. The average Bonchev–Trinajstić information content (AvgIpc) is 3.84. The zero-order chi connectivity index (χ0) is 31.1. The number of aromatic nitrogens is 1. The summed E-state index contributed by atoms with van der Waals surface area (Å²) >= 11 is 0. The van der Waals surface area contributed by atoms with Crippen molar-refractivity contribution in [1.82, 2.24) is 9.30 Å². The van der Waals surface area contributed by atoms with E-state index < -0.39 is 0 Å². The Balaban J connectivity index is 1.17. The van der Waals surface area contributed by atoms with Gasteiger partial charge in [-0.25, -0.2) is 0 Å². The van der Waals surface area contributed by atoms with Crippen molar-refractivity contribution >= 4 is 16.6 Å². The number of nitrogens with zero attached hydrogens (tertiary/aromatic N) is 2. The molecule has 4 heterocycles. The summed E-state index contributed by atoms with van der Waals surface area (Å²) in [6.07, 6.45) is 5.90. The molecule has 5 heteroatoms. The van der Waals surface area contributed by atoms with Gasteiger partial charge < -0.3 is 23.5 Å². The lowest BCUT2D eigenvalue weighted by Gasteiger charge is -2.13. The van der Waals surface area contributed by atoms with Crippen LogP contribution in [0.3, 0.4) is 0 Å². The van der Waals surface area contributed by atoms with Crippen LogP contribution < -0.4 is 9.47 Å². The van der Waals surface area contributed by atoms with Gasteiger partial charge >= 0.3 is 0 Å². The van der Waals surface area contributed by atoms with Gasteiger partial charge in [-0.1, -0.05) is 79.7 Å². The second-order valence-corrected chi connectivity index (χ2v) is 12.4. The van der Waals surface area contributed by atoms with E-state index in [1.165, 1.54) is 72.2 Å². The number of likely N-dealkylation sites (tertiary alicyclic amines) is 1. The molecule has 0 aliphatic carbocycles. The van der Waals surface area contributed by atoms with Crippen LogP contribution in [-0.2, 0) is 31.0 Å². The second kappa shape index (κ2) is 14.4. The van der Waals surface area contributed by atoms with Gasteiger partial charge in [-0.2, -0.15) is 0 Å². The van der Waals surface area contributed by atoms with E-state index in [0.717, 1.165) is 47.6 Å². The van der Waals surface area contributed by atoms with Gasteiger partial charge in [0, 0.05) is 17.7 Å². The largest absolute Gasteiger partial charge is 0.489 e. The van der Waals surface area contributed by atoms with Crippen LogP contribution in [0.15, 0.2) is 103 Å². The number of rotatable bonds is 15. The molecule has 236 valence electrons. The summed E-state index contributed by atoms with van der Waals surface area (Å²) in [5, 5.41) is 0. The van der Waals surface area contributed by atoms with E-state index in [-0.39, 0.29) is 0 Å². The molecular formula is C41H44N2O3. The summed E-state index contributed by atoms with van der Waals surface area (Å²) < 4.78 is 21.4. The maximum Gasteiger partial charge on any atom is 0.143 e. The highest BCUT2D eigenvalue weighted by Gasteiger charge is 2.24. The summed E-state index contributed by atoms with van der Waals surface area (Å²) in [7, 11) is 0. The van der Waals surface area contributed by atoms with Crippen molar-refractivity contribution in [2.24, 2.45) is 0 Å². The molecule has 3 aromatic heterocycles. The Morgan fingerprint density at radius 2 is 1.37 bits per heavy atom. The molecular weight excluding hydrogens is 568 g/mol. The minimum atomic E-state index is 0.532. The van der Waals surface area contributed by atoms with Crippen LogP contribution in [-0.4, -0.2) is 35.5 Å². The van der Waals surface area contributed by atoms with Crippen LogP contribution in [0.25, 0.3) is 27.7 Å². The highest BCUT2D eigenvalue weighted by Crippen LogP contribution is 2.42. The van der Waals surface area contributed by atoms with Gasteiger partial charge in [0.2, 0.25) is 0 Å². The molecule has 0 saturated carbocycles. The fourth-order valence-electron chi connectivity index (χ4n) is 6.91. The van der Waals surface area contributed by atoms with Crippen molar-refractivity contribution in [2.45, 2.75) is 58.8 Å². The molecule has 1 saturated heterocycles. The van der Waals surface area contributed by atoms with Crippen LogP contribution in [0.1, 0.15) is 54.9 Å². The van der Waals surface area contributed by atoms with E-state index >= 15 is 0 Å². The predicted octanol–water partition coefficient (Wildman–Crippen LogP) is 9.31. The number of benzene rings is 3. The summed E-state index contributed by atoms with van der Waals surface area (Å²) in [6.45, 7) is 8.40. The quantitative estimate of drug-likeness (QED) is 0.108. The average molecular weight is 613 g/mol. The van der Waals surface area contributed by atoms with Crippen LogP contribution >= 0.6 is 0 Å². The minimum Gasteiger partial charge on any atom is -0.489 e. The summed E-state index contributed by atoms with van der Waals surface area (Å²) in [4.78, 5) is 2.58. The van der Waals surface area contributed by atoms with Crippen molar-refractivity contribution in [1.29, 1.82) is 0 Å². The van der Waals surface area contributed by atoms with E-state index in [0.29, 0.717) is 19.8 Å². The Bertz CT molecular complexity index is 1820. The Kier molecular flexibility index (Phi) is 9.50. The fourth-order valence-corrected chi connectivity index (χ4v) is 6.91. The zero-order valence-electron chi connectivity index (χ0n) is 26.9. The molecule has 0 radical (unpaired) electrons. The van der Waals surface area contributed by atoms with Gasteiger partial charge in [0.1, 0.15) is 24.7 Å². The molecule has 3 aromatic carbocycles. The van der Waals surface area contributed by atoms with Gasteiger partial charge in [-0.15, -0.1) is 0 Å². The molecule has 0 spiro atoms. The van der Waals surface area contributed by atoms with Crippen molar-refractivity contribution < 1.29 is 14.2 Å². The minimum absolute atomic E-state index is 0.532. The van der Waals surface area contributed by atoms with Crippen molar-refractivity contribution in [3.05, 3.63) is 125 Å². The highest BCUT2D eigenvalue weighted by atomic mass is 16.5. The number of aryl methyl sites for hydroxylation is 1. The first kappa shape index (κ1) is 30.3. The zero-order valence-corrected chi connectivity index (χ0v) is 26.9. The lowest BCUT2D eigenvalue weighted by atomic mass is 9.98. The molecule has 0 amide bonds. The van der Waals surface area contributed by atoms with Crippen molar-refractivity contribution in [3.63, 3.8) is 0 Å². The maximum atomic E-state index is 6.45. The normalized spacial score (nSPS) is 13.7. The Morgan fingerprint density at radius 3 is 2.07 bits per heavy atom. The summed E-state index contributed by atoms with van der Waals surface area (Å²) in [6, 6.07) is 35.9. The number of unbranched alkanes of at least 4 members (excludes halogenated alkanes) is 1.